The van der Waals surface area contributed by atoms with Gasteiger partial charge in [0.25, 0.3) is 0 Å². The second-order valence-corrected chi connectivity index (χ2v) is 7.21. The first kappa shape index (κ1) is 12.4. The Morgan fingerprint density at radius 1 is 1.20 bits per heavy atom. The van der Waals surface area contributed by atoms with Crippen molar-refractivity contribution >= 4 is 5.97 Å². The SMILES string of the molecule is Cc1nc(C2C3CC4CC(C3)CC2C4)c(CC(=O)O)[nH]1. The number of rotatable bonds is 3. The summed E-state index contributed by atoms with van der Waals surface area (Å²) in [5.41, 5.74) is 1.94. The van der Waals surface area contributed by atoms with Gasteiger partial charge in [-0.05, 0) is 62.7 Å². The predicted molar refractivity (Wildman–Crippen MR) is 74.5 cm³/mol. The van der Waals surface area contributed by atoms with Crippen LogP contribution in [-0.4, -0.2) is 21.0 Å². The van der Waals surface area contributed by atoms with Crippen LogP contribution in [0.1, 0.15) is 55.2 Å². The summed E-state index contributed by atoms with van der Waals surface area (Å²) < 4.78 is 0. The van der Waals surface area contributed by atoms with Crippen LogP contribution >= 0.6 is 0 Å². The van der Waals surface area contributed by atoms with Gasteiger partial charge in [-0.25, -0.2) is 4.98 Å². The molecule has 4 bridgehead atoms. The van der Waals surface area contributed by atoms with Crippen LogP contribution in [0.25, 0.3) is 0 Å². The molecule has 0 amide bonds. The fourth-order valence-corrected chi connectivity index (χ4v) is 5.49. The number of imidazole rings is 1. The topological polar surface area (TPSA) is 66.0 Å². The number of hydrogen-bond donors (Lipinski definition) is 2. The molecular formula is C16H22N2O2. The third kappa shape index (κ3) is 1.88. The Morgan fingerprint density at radius 3 is 2.35 bits per heavy atom. The van der Waals surface area contributed by atoms with E-state index in [0.717, 1.165) is 40.9 Å². The summed E-state index contributed by atoms with van der Waals surface area (Å²) in [4.78, 5) is 19.0. The number of carbonyl (C=O) groups is 1. The third-order valence-electron chi connectivity index (χ3n) is 5.80. The molecule has 4 fully saturated rings. The van der Waals surface area contributed by atoms with E-state index >= 15 is 0 Å². The van der Waals surface area contributed by atoms with Gasteiger partial charge in [0.05, 0.1) is 12.1 Å². The summed E-state index contributed by atoms with van der Waals surface area (Å²) in [5.74, 6) is 4.00. The fourth-order valence-electron chi connectivity index (χ4n) is 5.49. The lowest BCUT2D eigenvalue weighted by atomic mass is 9.51. The molecule has 0 aromatic carbocycles. The van der Waals surface area contributed by atoms with E-state index in [1.165, 1.54) is 32.1 Å². The maximum Gasteiger partial charge on any atom is 0.309 e. The molecule has 0 aliphatic heterocycles. The Balaban J connectivity index is 1.69. The van der Waals surface area contributed by atoms with Gasteiger partial charge in [0.1, 0.15) is 5.82 Å². The van der Waals surface area contributed by atoms with Crippen LogP contribution in [0.2, 0.25) is 0 Å². The quantitative estimate of drug-likeness (QED) is 0.890. The van der Waals surface area contributed by atoms with Gasteiger partial charge in [-0.2, -0.15) is 0 Å². The maximum absolute atomic E-state index is 11.1. The molecular weight excluding hydrogens is 252 g/mol. The van der Waals surface area contributed by atoms with Gasteiger partial charge >= 0.3 is 5.97 Å². The highest BCUT2D eigenvalue weighted by molar-refractivity contribution is 5.70. The number of carboxylic acids is 1. The minimum Gasteiger partial charge on any atom is -0.481 e. The lowest BCUT2D eigenvalue weighted by molar-refractivity contribution is -0.136. The number of aliphatic carboxylic acids is 1. The molecule has 4 nitrogen and oxygen atoms in total. The van der Waals surface area contributed by atoms with Crippen molar-refractivity contribution in [3.8, 4) is 0 Å². The number of aryl methyl sites for hydroxylation is 1. The minimum atomic E-state index is -0.765. The molecule has 1 aromatic heterocycles. The first-order valence-electron chi connectivity index (χ1n) is 7.87. The molecule has 2 N–H and O–H groups in total. The molecule has 1 aromatic rings. The van der Waals surface area contributed by atoms with Gasteiger partial charge in [0, 0.05) is 11.6 Å². The van der Waals surface area contributed by atoms with E-state index < -0.39 is 5.97 Å². The Kier molecular flexibility index (Phi) is 2.69. The third-order valence-corrected chi connectivity index (χ3v) is 5.80. The molecule has 20 heavy (non-hydrogen) atoms. The van der Waals surface area contributed by atoms with Gasteiger partial charge in [-0.1, -0.05) is 0 Å². The molecule has 5 rings (SSSR count). The van der Waals surface area contributed by atoms with Crippen molar-refractivity contribution in [1.29, 1.82) is 0 Å². The molecule has 0 spiro atoms. The van der Waals surface area contributed by atoms with Crippen LogP contribution < -0.4 is 0 Å². The van der Waals surface area contributed by atoms with Crippen molar-refractivity contribution in [3.05, 3.63) is 17.2 Å². The lowest BCUT2D eigenvalue weighted by Gasteiger charge is -2.54. The van der Waals surface area contributed by atoms with Crippen LogP contribution in [0.15, 0.2) is 0 Å². The maximum atomic E-state index is 11.1. The van der Waals surface area contributed by atoms with E-state index in [-0.39, 0.29) is 6.42 Å². The summed E-state index contributed by atoms with van der Waals surface area (Å²) in [6, 6.07) is 0. The lowest BCUT2D eigenvalue weighted by Crippen LogP contribution is -2.44. The minimum absolute atomic E-state index is 0.0823. The van der Waals surface area contributed by atoms with E-state index in [1.807, 2.05) is 6.92 Å². The Morgan fingerprint density at radius 2 is 1.80 bits per heavy atom. The predicted octanol–water partition coefficient (Wildman–Crippen LogP) is 2.88. The second kappa shape index (κ2) is 4.34. The highest BCUT2D eigenvalue weighted by Gasteiger charge is 2.49. The summed E-state index contributed by atoms with van der Waals surface area (Å²) in [5, 5.41) is 9.10. The zero-order valence-corrected chi connectivity index (χ0v) is 11.9. The molecule has 0 saturated heterocycles. The number of aromatic nitrogens is 2. The van der Waals surface area contributed by atoms with Crippen molar-refractivity contribution < 1.29 is 9.90 Å². The van der Waals surface area contributed by atoms with Gasteiger partial charge in [-0.3, -0.25) is 4.79 Å². The van der Waals surface area contributed by atoms with Gasteiger partial charge < -0.3 is 10.1 Å². The number of nitrogens with one attached hydrogen (secondary N) is 1. The number of aromatic amines is 1. The van der Waals surface area contributed by atoms with Crippen LogP contribution in [0, 0.1) is 30.6 Å². The van der Waals surface area contributed by atoms with E-state index in [2.05, 4.69) is 4.98 Å². The van der Waals surface area contributed by atoms with Crippen molar-refractivity contribution in [2.24, 2.45) is 23.7 Å². The summed E-state index contributed by atoms with van der Waals surface area (Å²) >= 11 is 0. The molecule has 108 valence electrons. The van der Waals surface area contributed by atoms with Crippen LogP contribution in [0.4, 0.5) is 0 Å². The van der Waals surface area contributed by atoms with Crippen LogP contribution in [0.3, 0.4) is 0 Å². The molecule has 0 radical (unpaired) electrons. The summed E-state index contributed by atoms with van der Waals surface area (Å²) in [7, 11) is 0. The first-order valence-corrected chi connectivity index (χ1v) is 7.87. The van der Waals surface area contributed by atoms with Crippen LogP contribution in [-0.2, 0) is 11.2 Å². The summed E-state index contributed by atoms with van der Waals surface area (Å²) in [6.07, 6.45) is 6.90. The number of hydrogen-bond acceptors (Lipinski definition) is 2. The Bertz CT molecular complexity index is 521. The van der Waals surface area contributed by atoms with Gasteiger partial charge in [-0.15, -0.1) is 0 Å². The fraction of sp³-hybridized carbons (Fsp3) is 0.750. The van der Waals surface area contributed by atoms with E-state index in [4.69, 9.17) is 10.1 Å². The molecule has 4 aliphatic rings. The largest absolute Gasteiger partial charge is 0.481 e. The highest BCUT2D eigenvalue weighted by atomic mass is 16.4. The number of nitrogens with zero attached hydrogens (tertiary/aromatic N) is 1. The van der Waals surface area contributed by atoms with Crippen molar-refractivity contribution in [2.75, 3.05) is 0 Å². The Labute approximate surface area is 119 Å². The second-order valence-electron chi connectivity index (χ2n) is 7.21. The Hall–Kier alpha value is -1.32. The smallest absolute Gasteiger partial charge is 0.309 e. The van der Waals surface area contributed by atoms with Crippen molar-refractivity contribution in [1.82, 2.24) is 9.97 Å². The number of H-pyrrole nitrogens is 1. The van der Waals surface area contributed by atoms with Gasteiger partial charge in [0.2, 0.25) is 0 Å². The van der Waals surface area contributed by atoms with Gasteiger partial charge in [0.15, 0.2) is 0 Å². The van der Waals surface area contributed by atoms with E-state index in [1.54, 1.807) is 0 Å². The molecule has 4 saturated carbocycles. The van der Waals surface area contributed by atoms with Crippen LogP contribution in [0.5, 0.6) is 0 Å². The molecule has 1 heterocycles. The highest BCUT2D eigenvalue weighted by Crippen LogP contribution is 2.59. The normalized spacial score (nSPS) is 38.4. The van der Waals surface area contributed by atoms with Crippen molar-refractivity contribution in [3.63, 3.8) is 0 Å². The molecule has 0 atom stereocenters. The standard InChI is InChI=1S/C16H22N2O2/c1-8-17-13(7-14(19)20)16(18-8)15-11-3-9-2-10(5-11)6-12(15)4-9/h9-12,15H,2-7H2,1H3,(H,17,18)(H,19,20). The van der Waals surface area contributed by atoms with E-state index in [0.29, 0.717) is 5.92 Å². The van der Waals surface area contributed by atoms with Crippen molar-refractivity contribution in [2.45, 2.75) is 51.4 Å². The molecule has 4 aliphatic carbocycles. The van der Waals surface area contributed by atoms with E-state index in [9.17, 15) is 4.79 Å². The monoisotopic (exact) mass is 274 g/mol. The molecule has 0 unspecified atom stereocenters. The average Bonchev–Trinajstić information content (AvgIpc) is 2.67. The average molecular weight is 274 g/mol. The number of carboxylic acid groups (broad SMARTS) is 1. The zero-order chi connectivity index (χ0) is 13.9. The first-order chi connectivity index (χ1) is 9.60. The molecule has 4 heteroatoms. The summed E-state index contributed by atoms with van der Waals surface area (Å²) in [6.45, 7) is 1.94. The zero-order valence-electron chi connectivity index (χ0n) is 11.9.